The van der Waals surface area contributed by atoms with Crippen LogP contribution in [0.15, 0.2) is 42.5 Å². The van der Waals surface area contributed by atoms with Crippen molar-refractivity contribution >= 4 is 28.9 Å². The van der Waals surface area contributed by atoms with E-state index in [2.05, 4.69) is 29.3 Å². The van der Waals surface area contributed by atoms with E-state index >= 15 is 0 Å². The predicted molar refractivity (Wildman–Crippen MR) is 111 cm³/mol. The summed E-state index contributed by atoms with van der Waals surface area (Å²) in [5.41, 5.74) is 2.11. The maximum absolute atomic E-state index is 12.5. The second-order valence-corrected chi connectivity index (χ2v) is 7.79. The van der Waals surface area contributed by atoms with E-state index in [0.717, 1.165) is 24.6 Å². The molecule has 28 heavy (non-hydrogen) atoms. The average Bonchev–Trinajstić information content (AvgIpc) is 2.68. The van der Waals surface area contributed by atoms with E-state index in [-0.39, 0.29) is 28.2 Å². The van der Waals surface area contributed by atoms with Crippen molar-refractivity contribution in [1.29, 1.82) is 0 Å². The first-order valence-corrected chi connectivity index (χ1v) is 9.82. The Balaban J connectivity index is 1.66. The van der Waals surface area contributed by atoms with Crippen molar-refractivity contribution < 1.29 is 9.72 Å². The Kier molecular flexibility index (Phi) is 6.19. The van der Waals surface area contributed by atoms with Gasteiger partial charge in [-0.25, -0.2) is 0 Å². The summed E-state index contributed by atoms with van der Waals surface area (Å²) in [6, 6.07) is 12.0. The number of rotatable bonds is 5. The van der Waals surface area contributed by atoms with Crippen LogP contribution in [0.4, 0.5) is 11.4 Å². The van der Waals surface area contributed by atoms with Crippen LogP contribution in [0.3, 0.4) is 0 Å². The number of benzene rings is 2. The van der Waals surface area contributed by atoms with Crippen LogP contribution in [0.2, 0.25) is 5.02 Å². The highest BCUT2D eigenvalue weighted by atomic mass is 35.5. The molecule has 2 aromatic carbocycles. The second-order valence-electron chi connectivity index (χ2n) is 7.38. The molecule has 2 aromatic rings. The zero-order valence-electron chi connectivity index (χ0n) is 16.0. The van der Waals surface area contributed by atoms with Gasteiger partial charge in [-0.05, 0) is 55.5 Å². The lowest BCUT2D eigenvalue weighted by Gasteiger charge is -2.32. The molecule has 0 radical (unpaired) electrons. The Morgan fingerprint density at radius 1 is 1.21 bits per heavy atom. The molecule has 7 heteroatoms. The van der Waals surface area contributed by atoms with Crippen molar-refractivity contribution in [3.8, 4) is 0 Å². The van der Waals surface area contributed by atoms with E-state index in [1.165, 1.54) is 36.7 Å². The number of halogens is 1. The fourth-order valence-corrected chi connectivity index (χ4v) is 3.58. The van der Waals surface area contributed by atoms with E-state index in [4.69, 9.17) is 11.6 Å². The zero-order valence-corrected chi connectivity index (χ0v) is 16.8. The van der Waals surface area contributed by atoms with Crippen LogP contribution in [0.5, 0.6) is 0 Å². The van der Waals surface area contributed by atoms with Gasteiger partial charge in [0.25, 0.3) is 11.6 Å². The van der Waals surface area contributed by atoms with Crippen molar-refractivity contribution in [2.24, 2.45) is 5.92 Å². The second kappa shape index (κ2) is 8.61. The lowest BCUT2D eigenvalue weighted by Crippen LogP contribution is -2.32. The van der Waals surface area contributed by atoms with Crippen LogP contribution < -0.4 is 10.2 Å². The lowest BCUT2D eigenvalue weighted by atomic mass is 9.98. The molecular weight excluding hydrogens is 378 g/mol. The predicted octanol–water partition coefficient (Wildman–Crippen LogP) is 4.98. The summed E-state index contributed by atoms with van der Waals surface area (Å²) in [7, 11) is 0. The van der Waals surface area contributed by atoms with Crippen molar-refractivity contribution in [2.75, 3.05) is 18.0 Å². The quantitative estimate of drug-likeness (QED) is 0.566. The molecule has 1 amide bonds. The minimum atomic E-state index is -0.595. The summed E-state index contributed by atoms with van der Waals surface area (Å²) in [5, 5.41) is 13.9. The SMILES string of the molecule is CC1CCN(c2ccc([C@H](C)NC(=O)c3ccc(Cl)c([N+](=O)[O-])c3)cc2)CC1. The number of anilines is 1. The molecule has 1 aliphatic heterocycles. The smallest absolute Gasteiger partial charge is 0.288 e. The Labute approximate surface area is 169 Å². The van der Waals surface area contributed by atoms with Crippen LogP contribution in [0.1, 0.15) is 48.7 Å². The molecule has 3 rings (SSSR count). The molecule has 1 atom stereocenters. The van der Waals surface area contributed by atoms with Gasteiger partial charge >= 0.3 is 0 Å². The minimum absolute atomic E-state index is 0.0114. The molecule has 0 unspecified atom stereocenters. The van der Waals surface area contributed by atoms with Crippen molar-refractivity contribution in [2.45, 2.75) is 32.7 Å². The first kappa shape index (κ1) is 20.1. The van der Waals surface area contributed by atoms with E-state index in [9.17, 15) is 14.9 Å². The van der Waals surface area contributed by atoms with Gasteiger partial charge in [0.05, 0.1) is 11.0 Å². The number of amides is 1. The number of piperidine rings is 1. The molecular formula is C21H24ClN3O3. The number of nitrogens with zero attached hydrogens (tertiary/aromatic N) is 2. The number of nitrogens with one attached hydrogen (secondary N) is 1. The Hall–Kier alpha value is -2.60. The zero-order chi connectivity index (χ0) is 20.3. The standard InChI is InChI=1S/C21H24ClN3O3/c1-14-9-11-24(12-10-14)18-6-3-16(4-7-18)15(2)23-21(26)17-5-8-19(22)20(13-17)25(27)28/h3-8,13-15H,9-12H2,1-2H3,(H,23,26)/t15-/m0/s1. The van der Waals surface area contributed by atoms with Gasteiger partial charge in [0, 0.05) is 30.4 Å². The monoisotopic (exact) mass is 401 g/mol. The molecule has 0 spiro atoms. The summed E-state index contributed by atoms with van der Waals surface area (Å²) < 4.78 is 0. The molecule has 148 valence electrons. The molecule has 0 saturated carbocycles. The van der Waals surface area contributed by atoms with E-state index in [0.29, 0.717) is 0 Å². The van der Waals surface area contributed by atoms with Gasteiger partial charge < -0.3 is 10.2 Å². The van der Waals surface area contributed by atoms with Gasteiger partial charge in [-0.3, -0.25) is 14.9 Å². The summed E-state index contributed by atoms with van der Waals surface area (Å²) >= 11 is 5.81. The van der Waals surface area contributed by atoms with E-state index in [1.54, 1.807) is 0 Å². The van der Waals surface area contributed by atoms with Gasteiger partial charge in [0.1, 0.15) is 5.02 Å². The van der Waals surface area contributed by atoms with Crippen molar-refractivity contribution in [1.82, 2.24) is 5.32 Å². The maximum atomic E-state index is 12.5. The number of carbonyl (C=O) groups is 1. The molecule has 1 N–H and O–H groups in total. The number of nitro benzene ring substituents is 1. The van der Waals surface area contributed by atoms with Gasteiger partial charge in [0.2, 0.25) is 0 Å². The summed E-state index contributed by atoms with van der Waals surface area (Å²) in [5.74, 6) is 0.413. The molecule has 0 bridgehead atoms. The van der Waals surface area contributed by atoms with Crippen LogP contribution in [0.25, 0.3) is 0 Å². The highest BCUT2D eigenvalue weighted by Gasteiger charge is 2.19. The number of hydrogen-bond donors (Lipinski definition) is 1. The van der Waals surface area contributed by atoms with Crippen LogP contribution >= 0.6 is 11.6 Å². The number of hydrogen-bond acceptors (Lipinski definition) is 4. The Morgan fingerprint density at radius 2 is 1.86 bits per heavy atom. The van der Waals surface area contributed by atoms with E-state index in [1.807, 2.05) is 19.1 Å². The maximum Gasteiger partial charge on any atom is 0.288 e. The Bertz CT molecular complexity index is 862. The highest BCUT2D eigenvalue weighted by Crippen LogP contribution is 2.26. The van der Waals surface area contributed by atoms with Crippen molar-refractivity contribution in [3.63, 3.8) is 0 Å². The fraction of sp³-hybridized carbons (Fsp3) is 0.381. The highest BCUT2D eigenvalue weighted by molar-refractivity contribution is 6.32. The topological polar surface area (TPSA) is 75.5 Å². The van der Waals surface area contributed by atoms with E-state index < -0.39 is 4.92 Å². The minimum Gasteiger partial charge on any atom is -0.372 e. The van der Waals surface area contributed by atoms with Gasteiger partial charge in [-0.2, -0.15) is 0 Å². The van der Waals surface area contributed by atoms with Crippen LogP contribution in [0, 0.1) is 16.0 Å². The summed E-state index contributed by atoms with van der Waals surface area (Å²) in [6.45, 7) is 6.32. The molecule has 1 fully saturated rings. The molecule has 6 nitrogen and oxygen atoms in total. The summed E-state index contributed by atoms with van der Waals surface area (Å²) in [6.07, 6.45) is 2.42. The first-order chi connectivity index (χ1) is 13.3. The lowest BCUT2D eigenvalue weighted by molar-refractivity contribution is -0.384. The number of carbonyl (C=O) groups excluding carboxylic acids is 1. The number of nitro groups is 1. The van der Waals surface area contributed by atoms with Crippen LogP contribution in [-0.2, 0) is 0 Å². The molecule has 0 aliphatic carbocycles. The van der Waals surface area contributed by atoms with Gasteiger partial charge in [0.15, 0.2) is 0 Å². The summed E-state index contributed by atoms with van der Waals surface area (Å²) in [4.78, 5) is 25.3. The van der Waals surface area contributed by atoms with Crippen LogP contribution in [-0.4, -0.2) is 23.9 Å². The fourth-order valence-electron chi connectivity index (χ4n) is 3.40. The van der Waals surface area contributed by atoms with Gasteiger partial charge in [-0.1, -0.05) is 30.7 Å². The normalized spacial score (nSPS) is 15.9. The largest absolute Gasteiger partial charge is 0.372 e. The third kappa shape index (κ3) is 4.62. The average molecular weight is 402 g/mol. The molecule has 1 saturated heterocycles. The Morgan fingerprint density at radius 3 is 2.46 bits per heavy atom. The third-order valence-corrected chi connectivity index (χ3v) is 5.61. The molecule has 1 aliphatic rings. The van der Waals surface area contributed by atoms with Crippen molar-refractivity contribution in [3.05, 3.63) is 68.7 Å². The molecule has 1 heterocycles. The first-order valence-electron chi connectivity index (χ1n) is 9.45. The molecule has 0 aromatic heterocycles. The van der Waals surface area contributed by atoms with Gasteiger partial charge in [-0.15, -0.1) is 0 Å². The third-order valence-electron chi connectivity index (χ3n) is 5.29.